The molecule has 0 aliphatic rings. The molecule has 0 aliphatic carbocycles. The highest BCUT2D eigenvalue weighted by molar-refractivity contribution is 5.83. The Bertz CT molecular complexity index is 1100. The smallest absolute Gasteiger partial charge is 0.141 e. The van der Waals surface area contributed by atoms with E-state index in [1.807, 2.05) is 92.0 Å². The van der Waals surface area contributed by atoms with Gasteiger partial charge in [0.05, 0.1) is 11.9 Å². The van der Waals surface area contributed by atoms with E-state index in [-0.39, 0.29) is 5.78 Å². The molecular weight excluding hydrogens is 360 g/mol. The molecule has 29 heavy (non-hydrogen) atoms. The zero-order valence-corrected chi connectivity index (χ0v) is 16.3. The average molecular weight is 382 g/mol. The molecule has 0 atom stereocenters. The molecule has 1 heterocycles. The van der Waals surface area contributed by atoms with Gasteiger partial charge in [0.1, 0.15) is 17.3 Å². The number of Topliss-reactive ketones (excluding diaryl/α,β-unsaturated/α-hetero) is 1. The fourth-order valence-electron chi connectivity index (χ4n) is 3.24. The van der Waals surface area contributed by atoms with Gasteiger partial charge in [-0.25, -0.2) is 4.68 Å². The Kier molecular flexibility index (Phi) is 5.52. The molecule has 0 unspecified atom stereocenters. The number of aromatic nitrogens is 2. The van der Waals surface area contributed by atoms with Crippen molar-refractivity contribution in [1.29, 1.82) is 0 Å². The number of ether oxygens (including phenoxy) is 1. The Balaban J connectivity index is 1.38. The third-order valence-corrected chi connectivity index (χ3v) is 4.67. The minimum atomic E-state index is 0.161. The molecule has 4 heteroatoms. The van der Waals surface area contributed by atoms with E-state index in [2.05, 4.69) is 5.10 Å². The van der Waals surface area contributed by atoms with Gasteiger partial charge in [-0.1, -0.05) is 48.5 Å². The number of rotatable bonds is 7. The van der Waals surface area contributed by atoms with Gasteiger partial charge in [-0.2, -0.15) is 5.10 Å². The van der Waals surface area contributed by atoms with E-state index < -0.39 is 0 Å². The zero-order chi connectivity index (χ0) is 20.1. The zero-order valence-electron chi connectivity index (χ0n) is 16.3. The van der Waals surface area contributed by atoms with E-state index in [9.17, 15) is 4.79 Å². The summed E-state index contributed by atoms with van der Waals surface area (Å²) in [4.78, 5) is 12.5. The molecular formula is C25H22N2O2. The van der Waals surface area contributed by atoms with E-state index >= 15 is 0 Å². The number of para-hydroxylation sites is 2. The number of carbonyl (C=O) groups excluding carboxylic acids is 1. The molecule has 4 nitrogen and oxygen atoms in total. The minimum Gasteiger partial charge on any atom is -0.457 e. The number of benzene rings is 3. The first-order valence-corrected chi connectivity index (χ1v) is 9.60. The van der Waals surface area contributed by atoms with E-state index in [0.717, 1.165) is 33.9 Å². The fraction of sp³-hybridized carbons (Fsp3) is 0.120. The number of ketones is 1. The van der Waals surface area contributed by atoms with Gasteiger partial charge in [-0.3, -0.25) is 4.79 Å². The van der Waals surface area contributed by atoms with Crippen molar-refractivity contribution in [3.05, 3.63) is 108 Å². The second-order valence-electron chi connectivity index (χ2n) is 7.04. The van der Waals surface area contributed by atoms with Crippen molar-refractivity contribution in [2.24, 2.45) is 0 Å². The second-order valence-corrected chi connectivity index (χ2v) is 7.04. The molecule has 0 spiro atoms. The Hall–Kier alpha value is -3.66. The lowest BCUT2D eigenvalue weighted by molar-refractivity contribution is -0.117. The van der Waals surface area contributed by atoms with Gasteiger partial charge in [0.25, 0.3) is 0 Å². The van der Waals surface area contributed by atoms with Crippen molar-refractivity contribution in [1.82, 2.24) is 9.78 Å². The van der Waals surface area contributed by atoms with Crippen LogP contribution in [0.1, 0.15) is 16.7 Å². The van der Waals surface area contributed by atoms with Crippen molar-refractivity contribution < 1.29 is 9.53 Å². The van der Waals surface area contributed by atoms with Crippen molar-refractivity contribution in [3.8, 4) is 17.2 Å². The molecule has 1 aromatic heterocycles. The molecule has 0 amide bonds. The van der Waals surface area contributed by atoms with E-state index in [4.69, 9.17) is 4.74 Å². The Labute approximate surface area is 170 Å². The Morgan fingerprint density at radius 1 is 0.897 bits per heavy atom. The molecule has 0 saturated carbocycles. The van der Waals surface area contributed by atoms with Crippen molar-refractivity contribution >= 4 is 5.78 Å². The summed E-state index contributed by atoms with van der Waals surface area (Å²) in [7, 11) is 0. The van der Waals surface area contributed by atoms with E-state index in [1.165, 1.54) is 0 Å². The van der Waals surface area contributed by atoms with Gasteiger partial charge in [0.15, 0.2) is 0 Å². The second kappa shape index (κ2) is 8.57. The van der Waals surface area contributed by atoms with Gasteiger partial charge >= 0.3 is 0 Å². The third-order valence-electron chi connectivity index (χ3n) is 4.67. The van der Waals surface area contributed by atoms with Crippen LogP contribution < -0.4 is 4.74 Å². The molecule has 4 aromatic rings. The molecule has 0 radical (unpaired) electrons. The van der Waals surface area contributed by atoms with Crippen LogP contribution in [0, 0.1) is 6.92 Å². The Morgan fingerprint density at radius 2 is 1.59 bits per heavy atom. The summed E-state index contributed by atoms with van der Waals surface area (Å²) >= 11 is 0. The quantitative estimate of drug-likeness (QED) is 0.434. The molecule has 4 rings (SSSR count). The maximum absolute atomic E-state index is 12.5. The van der Waals surface area contributed by atoms with Crippen LogP contribution in [0.15, 0.2) is 91.3 Å². The van der Waals surface area contributed by atoms with Crippen LogP contribution in [-0.2, 0) is 17.6 Å². The van der Waals surface area contributed by atoms with Crippen LogP contribution in [0.25, 0.3) is 5.69 Å². The van der Waals surface area contributed by atoms with Crippen LogP contribution in [0.2, 0.25) is 0 Å². The molecule has 0 aliphatic heterocycles. The summed E-state index contributed by atoms with van der Waals surface area (Å²) in [5.74, 6) is 1.76. The SMILES string of the molecule is Cc1cc(CC(=O)Cc2cnn(-c3ccccc3)c2)ccc1Oc1ccccc1. The van der Waals surface area contributed by atoms with Crippen LogP contribution >= 0.6 is 0 Å². The summed E-state index contributed by atoms with van der Waals surface area (Å²) in [6, 6.07) is 25.5. The van der Waals surface area contributed by atoms with Gasteiger partial charge in [-0.15, -0.1) is 0 Å². The van der Waals surface area contributed by atoms with Gasteiger partial charge in [-0.05, 0) is 53.9 Å². The summed E-state index contributed by atoms with van der Waals surface area (Å²) in [5.41, 5.74) is 3.90. The predicted molar refractivity (Wildman–Crippen MR) is 114 cm³/mol. The molecule has 3 aromatic carbocycles. The number of nitrogens with zero attached hydrogens (tertiary/aromatic N) is 2. The summed E-state index contributed by atoms with van der Waals surface area (Å²) in [6.07, 6.45) is 4.43. The summed E-state index contributed by atoms with van der Waals surface area (Å²) in [6.45, 7) is 2.00. The van der Waals surface area contributed by atoms with Crippen molar-refractivity contribution in [2.75, 3.05) is 0 Å². The van der Waals surface area contributed by atoms with Gasteiger partial charge < -0.3 is 4.74 Å². The number of hydrogen-bond donors (Lipinski definition) is 0. The fourth-order valence-corrected chi connectivity index (χ4v) is 3.24. The number of aryl methyl sites for hydroxylation is 1. The first kappa shape index (κ1) is 18.7. The van der Waals surface area contributed by atoms with Crippen LogP contribution in [0.4, 0.5) is 0 Å². The number of carbonyl (C=O) groups is 1. The molecule has 0 bridgehead atoms. The van der Waals surface area contributed by atoms with Crippen molar-refractivity contribution in [2.45, 2.75) is 19.8 Å². The lowest BCUT2D eigenvalue weighted by Crippen LogP contribution is -2.06. The standard InChI is InChI=1S/C25H22N2O2/c1-19-14-20(12-13-25(19)29-24-10-6-3-7-11-24)15-23(28)16-21-17-26-27(18-21)22-8-4-2-5-9-22/h2-14,17-18H,15-16H2,1H3. The molecule has 0 fully saturated rings. The highest BCUT2D eigenvalue weighted by Gasteiger charge is 2.10. The summed E-state index contributed by atoms with van der Waals surface area (Å²) < 4.78 is 7.71. The predicted octanol–water partition coefficient (Wildman–Crippen LogP) is 5.33. The van der Waals surface area contributed by atoms with Crippen LogP contribution in [-0.4, -0.2) is 15.6 Å². The maximum Gasteiger partial charge on any atom is 0.141 e. The monoisotopic (exact) mass is 382 g/mol. The van der Waals surface area contributed by atoms with E-state index in [0.29, 0.717) is 12.8 Å². The molecule has 0 N–H and O–H groups in total. The van der Waals surface area contributed by atoms with Crippen molar-refractivity contribution in [3.63, 3.8) is 0 Å². The van der Waals surface area contributed by atoms with E-state index in [1.54, 1.807) is 10.9 Å². The van der Waals surface area contributed by atoms with Crippen LogP contribution in [0.3, 0.4) is 0 Å². The summed E-state index contributed by atoms with van der Waals surface area (Å²) in [5, 5.41) is 4.36. The first-order chi connectivity index (χ1) is 14.2. The lowest BCUT2D eigenvalue weighted by atomic mass is 10.0. The maximum atomic E-state index is 12.5. The van der Waals surface area contributed by atoms with Gasteiger partial charge in [0, 0.05) is 19.0 Å². The highest BCUT2D eigenvalue weighted by atomic mass is 16.5. The Morgan fingerprint density at radius 3 is 2.31 bits per heavy atom. The van der Waals surface area contributed by atoms with Gasteiger partial charge in [0.2, 0.25) is 0 Å². The first-order valence-electron chi connectivity index (χ1n) is 9.60. The van der Waals surface area contributed by atoms with Crippen LogP contribution in [0.5, 0.6) is 11.5 Å². The largest absolute Gasteiger partial charge is 0.457 e. The topological polar surface area (TPSA) is 44.1 Å². The average Bonchev–Trinajstić information content (AvgIpc) is 3.20. The molecule has 0 saturated heterocycles. The normalized spacial score (nSPS) is 10.7. The molecule has 144 valence electrons. The minimum absolute atomic E-state index is 0.161. The lowest BCUT2D eigenvalue weighted by Gasteiger charge is -2.10. The highest BCUT2D eigenvalue weighted by Crippen LogP contribution is 2.25. The third kappa shape index (κ3) is 4.79. The number of hydrogen-bond acceptors (Lipinski definition) is 3.